The third-order valence-corrected chi connectivity index (χ3v) is 5.76. The van der Waals surface area contributed by atoms with Gasteiger partial charge in [-0.3, -0.25) is 14.3 Å². The molecule has 0 radical (unpaired) electrons. The highest BCUT2D eigenvalue weighted by Gasteiger charge is 2.17. The SMILES string of the molecule is CCOc1ccc(C=NNC(=O)CSc2nnc(-c3ccncc3)n2-c2ccc(Cl)cc2)cc1. The van der Waals surface area contributed by atoms with Gasteiger partial charge in [0.1, 0.15) is 5.75 Å². The van der Waals surface area contributed by atoms with Crippen LogP contribution in [-0.4, -0.2) is 44.2 Å². The summed E-state index contributed by atoms with van der Waals surface area (Å²) in [4.78, 5) is 16.4. The van der Waals surface area contributed by atoms with Crippen molar-refractivity contribution in [2.75, 3.05) is 12.4 Å². The van der Waals surface area contributed by atoms with Crippen molar-refractivity contribution in [1.82, 2.24) is 25.2 Å². The Labute approximate surface area is 206 Å². The van der Waals surface area contributed by atoms with E-state index >= 15 is 0 Å². The minimum atomic E-state index is -0.261. The van der Waals surface area contributed by atoms with Crippen LogP contribution in [0.4, 0.5) is 0 Å². The van der Waals surface area contributed by atoms with E-state index in [1.165, 1.54) is 11.8 Å². The Bertz CT molecular complexity index is 1260. The van der Waals surface area contributed by atoms with Crippen LogP contribution in [0, 0.1) is 0 Å². The molecule has 0 fully saturated rings. The molecule has 0 saturated carbocycles. The summed E-state index contributed by atoms with van der Waals surface area (Å²) in [6, 6.07) is 18.5. The molecule has 4 rings (SSSR count). The number of aromatic nitrogens is 4. The van der Waals surface area contributed by atoms with E-state index in [0.717, 1.165) is 22.6 Å². The quantitative estimate of drug-likeness (QED) is 0.208. The number of carbonyl (C=O) groups excluding carboxylic acids is 1. The second-order valence-electron chi connectivity index (χ2n) is 6.94. The van der Waals surface area contributed by atoms with Gasteiger partial charge in [-0.25, -0.2) is 5.43 Å². The first kappa shape index (κ1) is 23.5. The van der Waals surface area contributed by atoms with Gasteiger partial charge in [0.2, 0.25) is 0 Å². The minimum absolute atomic E-state index is 0.114. The van der Waals surface area contributed by atoms with Gasteiger partial charge in [-0.2, -0.15) is 5.10 Å². The Morgan fingerprint density at radius 3 is 2.53 bits per heavy atom. The molecule has 34 heavy (non-hydrogen) atoms. The first-order valence-electron chi connectivity index (χ1n) is 10.4. The number of nitrogens with one attached hydrogen (secondary N) is 1. The molecule has 1 N–H and O–H groups in total. The number of rotatable bonds is 9. The highest BCUT2D eigenvalue weighted by Crippen LogP contribution is 2.28. The third kappa shape index (κ3) is 6.00. The minimum Gasteiger partial charge on any atom is -0.494 e. The van der Waals surface area contributed by atoms with Crippen molar-refractivity contribution >= 4 is 35.5 Å². The monoisotopic (exact) mass is 492 g/mol. The molecule has 0 aliphatic heterocycles. The number of amides is 1. The summed E-state index contributed by atoms with van der Waals surface area (Å²) in [7, 11) is 0. The molecule has 0 saturated heterocycles. The number of nitrogens with zero attached hydrogens (tertiary/aromatic N) is 5. The summed E-state index contributed by atoms with van der Waals surface area (Å²) in [6.07, 6.45) is 4.97. The first-order valence-corrected chi connectivity index (χ1v) is 11.8. The van der Waals surface area contributed by atoms with E-state index < -0.39 is 0 Å². The van der Waals surface area contributed by atoms with Crippen molar-refractivity contribution in [1.29, 1.82) is 0 Å². The third-order valence-electron chi connectivity index (χ3n) is 4.58. The van der Waals surface area contributed by atoms with Gasteiger partial charge < -0.3 is 4.74 Å². The Hall–Kier alpha value is -3.69. The molecular formula is C24H21ClN6O2S. The number of carbonyl (C=O) groups is 1. The lowest BCUT2D eigenvalue weighted by molar-refractivity contribution is -0.118. The second kappa shape index (κ2) is 11.4. The summed E-state index contributed by atoms with van der Waals surface area (Å²) in [6.45, 7) is 2.54. The van der Waals surface area contributed by atoms with Gasteiger partial charge in [0.05, 0.1) is 18.6 Å². The molecule has 0 unspecified atom stereocenters. The van der Waals surface area contributed by atoms with Crippen LogP contribution >= 0.6 is 23.4 Å². The van der Waals surface area contributed by atoms with Gasteiger partial charge >= 0.3 is 0 Å². The summed E-state index contributed by atoms with van der Waals surface area (Å²) in [5.74, 6) is 1.28. The molecule has 0 bridgehead atoms. The molecule has 2 aromatic carbocycles. The Morgan fingerprint density at radius 1 is 1.09 bits per heavy atom. The van der Waals surface area contributed by atoms with Crippen LogP contribution in [-0.2, 0) is 4.79 Å². The van der Waals surface area contributed by atoms with Crippen molar-refractivity contribution in [3.05, 3.63) is 83.6 Å². The average molecular weight is 493 g/mol. The lowest BCUT2D eigenvalue weighted by Gasteiger charge is -2.10. The predicted octanol–water partition coefficient (Wildman–Crippen LogP) is 4.62. The van der Waals surface area contributed by atoms with Crippen molar-refractivity contribution in [3.8, 4) is 22.8 Å². The van der Waals surface area contributed by atoms with Gasteiger partial charge in [0, 0.05) is 28.7 Å². The van der Waals surface area contributed by atoms with Gasteiger partial charge in [0.15, 0.2) is 11.0 Å². The van der Waals surface area contributed by atoms with Crippen LogP contribution in [0.25, 0.3) is 17.1 Å². The maximum absolute atomic E-state index is 12.4. The largest absolute Gasteiger partial charge is 0.494 e. The number of hydrogen-bond acceptors (Lipinski definition) is 7. The fourth-order valence-corrected chi connectivity index (χ4v) is 3.90. The molecule has 0 aliphatic carbocycles. The number of ether oxygens (including phenoxy) is 1. The van der Waals surface area contributed by atoms with E-state index in [-0.39, 0.29) is 11.7 Å². The van der Waals surface area contributed by atoms with Gasteiger partial charge in [-0.1, -0.05) is 23.4 Å². The summed E-state index contributed by atoms with van der Waals surface area (Å²) in [5, 5.41) is 13.9. The van der Waals surface area contributed by atoms with E-state index in [9.17, 15) is 4.79 Å². The van der Waals surface area contributed by atoms with Gasteiger partial charge in [0.25, 0.3) is 5.91 Å². The highest BCUT2D eigenvalue weighted by atomic mass is 35.5. The van der Waals surface area contributed by atoms with E-state index in [1.54, 1.807) is 30.7 Å². The zero-order valence-corrected chi connectivity index (χ0v) is 19.8. The van der Waals surface area contributed by atoms with Crippen LogP contribution < -0.4 is 10.2 Å². The molecule has 8 nitrogen and oxygen atoms in total. The summed E-state index contributed by atoms with van der Waals surface area (Å²) < 4.78 is 7.30. The molecule has 0 aliphatic rings. The van der Waals surface area contributed by atoms with Crippen molar-refractivity contribution < 1.29 is 9.53 Å². The van der Waals surface area contributed by atoms with E-state index in [0.29, 0.717) is 22.6 Å². The number of thioether (sulfide) groups is 1. The lowest BCUT2D eigenvalue weighted by Crippen LogP contribution is -2.20. The number of hydrogen-bond donors (Lipinski definition) is 1. The topological polar surface area (TPSA) is 94.3 Å². The van der Waals surface area contributed by atoms with Crippen LogP contribution in [0.5, 0.6) is 5.75 Å². The van der Waals surface area contributed by atoms with E-state index in [1.807, 2.05) is 60.0 Å². The van der Waals surface area contributed by atoms with Crippen LogP contribution in [0.1, 0.15) is 12.5 Å². The maximum Gasteiger partial charge on any atom is 0.250 e. The van der Waals surface area contributed by atoms with E-state index in [4.69, 9.17) is 16.3 Å². The number of pyridine rings is 1. The number of hydrazone groups is 1. The van der Waals surface area contributed by atoms with Crippen molar-refractivity contribution in [3.63, 3.8) is 0 Å². The van der Waals surface area contributed by atoms with Crippen molar-refractivity contribution in [2.24, 2.45) is 5.10 Å². The Kier molecular flexibility index (Phi) is 7.90. The molecule has 172 valence electrons. The normalized spacial score (nSPS) is 11.0. The second-order valence-corrected chi connectivity index (χ2v) is 8.32. The molecule has 2 heterocycles. The number of halogens is 1. The molecule has 1 amide bonds. The standard InChI is InChI=1S/C24H21ClN6O2S/c1-2-33-21-9-3-17(4-10-21)15-27-28-22(32)16-34-24-30-29-23(18-11-13-26-14-12-18)31(24)20-7-5-19(25)6-8-20/h3-15H,2,16H2,1H3,(H,28,32). The molecular weight excluding hydrogens is 472 g/mol. The van der Waals surface area contributed by atoms with Crippen molar-refractivity contribution in [2.45, 2.75) is 12.1 Å². The van der Waals surface area contributed by atoms with Crippen LogP contribution in [0.3, 0.4) is 0 Å². The van der Waals surface area contributed by atoms with Crippen LogP contribution in [0.15, 0.2) is 83.3 Å². The van der Waals surface area contributed by atoms with Gasteiger partial charge in [-0.05, 0) is 73.2 Å². The van der Waals surface area contributed by atoms with Crippen LogP contribution in [0.2, 0.25) is 5.02 Å². The molecule has 4 aromatic rings. The molecule has 10 heteroatoms. The Balaban J connectivity index is 1.44. The first-order chi connectivity index (χ1) is 16.6. The maximum atomic E-state index is 12.4. The Morgan fingerprint density at radius 2 is 1.82 bits per heavy atom. The highest BCUT2D eigenvalue weighted by molar-refractivity contribution is 7.99. The number of benzene rings is 2. The fourth-order valence-electron chi connectivity index (χ4n) is 3.03. The summed E-state index contributed by atoms with van der Waals surface area (Å²) in [5.41, 5.74) is 5.08. The van der Waals surface area contributed by atoms with Gasteiger partial charge in [-0.15, -0.1) is 10.2 Å². The smallest absolute Gasteiger partial charge is 0.250 e. The predicted molar refractivity (Wildman–Crippen MR) is 134 cm³/mol. The molecule has 2 aromatic heterocycles. The zero-order valence-electron chi connectivity index (χ0n) is 18.3. The summed E-state index contributed by atoms with van der Waals surface area (Å²) >= 11 is 7.32. The lowest BCUT2D eigenvalue weighted by atomic mass is 10.2. The fraction of sp³-hybridized carbons (Fsp3) is 0.125. The van der Waals surface area contributed by atoms with E-state index in [2.05, 4.69) is 25.7 Å². The molecule has 0 spiro atoms. The molecule has 0 atom stereocenters. The zero-order chi connectivity index (χ0) is 23.8. The average Bonchev–Trinajstić information content (AvgIpc) is 3.29.